The lowest BCUT2D eigenvalue weighted by molar-refractivity contribution is 0.399. The molecule has 0 heterocycles. The Morgan fingerprint density at radius 3 is 0.615 bits per heavy atom. The highest BCUT2D eigenvalue weighted by atomic mass is 16.2. The minimum Gasteiger partial charge on any atom is -0.400 e. The van der Waals surface area contributed by atoms with Gasteiger partial charge in [0.15, 0.2) is 0 Å². The third-order valence-electron chi connectivity index (χ3n) is 3.76. The van der Waals surface area contributed by atoms with Crippen molar-refractivity contribution in [2.24, 2.45) is 0 Å². The lowest BCUT2D eigenvalue weighted by Crippen LogP contribution is -1.73. The van der Waals surface area contributed by atoms with Crippen molar-refractivity contribution in [2.75, 3.05) is 7.11 Å². The molecular formula is C25H24O. The maximum atomic E-state index is 7.00. The first-order valence-corrected chi connectivity index (χ1v) is 8.59. The van der Waals surface area contributed by atoms with Crippen molar-refractivity contribution in [1.82, 2.24) is 0 Å². The van der Waals surface area contributed by atoms with Gasteiger partial charge in [-0.15, -0.1) is 0 Å². The van der Waals surface area contributed by atoms with Crippen LogP contribution < -0.4 is 0 Å². The second kappa shape index (κ2) is 11.4. The maximum absolute atomic E-state index is 7.00. The minimum atomic E-state index is 1.00. The summed E-state index contributed by atoms with van der Waals surface area (Å²) in [4.78, 5) is 0. The number of hydrogen-bond donors (Lipinski definition) is 1. The van der Waals surface area contributed by atoms with Gasteiger partial charge in [-0.25, -0.2) is 0 Å². The van der Waals surface area contributed by atoms with Crippen LogP contribution in [0.2, 0.25) is 0 Å². The zero-order chi connectivity index (χ0) is 18.5. The highest BCUT2D eigenvalue weighted by Crippen LogP contribution is 2.18. The van der Waals surface area contributed by atoms with Crippen LogP contribution in [-0.2, 0) is 0 Å². The fourth-order valence-corrected chi connectivity index (χ4v) is 2.52. The summed E-state index contributed by atoms with van der Waals surface area (Å²) in [5, 5.41) is 7.00. The SMILES string of the molecule is CO.c1ccc(-c2ccccc2)cc1.c1ccc(-c2ccccc2)cc1. The van der Waals surface area contributed by atoms with Crippen LogP contribution in [-0.4, -0.2) is 12.2 Å². The largest absolute Gasteiger partial charge is 0.400 e. The Hall–Kier alpha value is -3.16. The summed E-state index contributed by atoms with van der Waals surface area (Å²) in [5.74, 6) is 0. The van der Waals surface area contributed by atoms with E-state index in [0.717, 1.165) is 7.11 Å². The Morgan fingerprint density at radius 2 is 0.462 bits per heavy atom. The Kier molecular flexibility index (Phi) is 8.41. The van der Waals surface area contributed by atoms with E-state index in [0.29, 0.717) is 0 Å². The summed E-state index contributed by atoms with van der Waals surface area (Å²) in [6.07, 6.45) is 0. The van der Waals surface area contributed by atoms with Gasteiger partial charge in [0.25, 0.3) is 0 Å². The van der Waals surface area contributed by atoms with Crippen molar-refractivity contribution in [3.8, 4) is 22.3 Å². The van der Waals surface area contributed by atoms with Gasteiger partial charge < -0.3 is 5.11 Å². The Bertz CT molecular complexity index is 676. The van der Waals surface area contributed by atoms with Crippen molar-refractivity contribution >= 4 is 0 Å². The van der Waals surface area contributed by atoms with Gasteiger partial charge in [-0.1, -0.05) is 121 Å². The van der Waals surface area contributed by atoms with Gasteiger partial charge in [0.05, 0.1) is 0 Å². The van der Waals surface area contributed by atoms with Gasteiger partial charge in [0.1, 0.15) is 0 Å². The van der Waals surface area contributed by atoms with E-state index in [1.807, 2.05) is 24.3 Å². The number of aliphatic hydroxyl groups is 1. The third kappa shape index (κ3) is 6.04. The van der Waals surface area contributed by atoms with E-state index in [4.69, 9.17) is 5.11 Å². The molecule has 0 spiro atoms. The van der Waals surface area contributed by atoms with Crippen LogP contribution in [0.4, 0.5) is 0 Å². The minimum absolute atomic E-state index is 1.00. The molecule has 0 aromatic heterocycles. The summed E-state index contributed by atoms with van der Waals surface area (Å²) in [5.41, 5.74) is 5.10. The summed E-state index contributed by atoms with van der Waals surface area (Å²) in [6.45, 7) is 0. The second-order valence-electron chi connectivity index (χ2n) is 5.46. The molecule has 0 fully saturated rings. The number of benzene rings is 4. The first-order chi connectivity index (χ1) is 12.9. The van der Waals surface area contributed by atoms with Crippen LogP contribution in [0.25, 0.3) is 22.3 Å². The summed E-state index contributed by atoms with van der Waals surface area (Å²) in [6, 6.07) is 41.6. The molecule has 26 heavy (non-hydrogen) atoms. The molecule has 0 unspecified atom stereocenters. The highest BCUT2D eigenvalue weighted by molar-refractivity contribution is 5.63. The van der Waals surface area contributed by atoms with Gasteiger partial charge in [-0.05, 0) is 22.3 Å². The monoisotopic (exact) mass is 340 g/mol. The van der Waals surface area contributed by atoms with Crippen LogP contribution in [0.1, 0.15) is 0 Å². The molecule has 0 aliphatic rings. The van der Waals surface area contributed by atoms with E-state index in [2.05, 4.69) is 97.1 Å². The molecule has 0 bridgehead atoms. The van der Waals surface area contributed by atoms with E-state index < -0.39 is 0 Å². The van der Waals surface area contributed by atoms with E-state index in [9.17, 15) is 0 Å². The molecular weight excluding hydrogens is 316 g/mol. The van der Waals surface area contributed by atoms with Gasteiger partial charge in [-0.3, -0.25) is 0 Å². The zero-order valence-electron chi connectivity index (χ0n) is 15.0. The normalized spacial score (nSPS) is 9.15. The maximum Gasteiger partial charge on any atom is 0.0319 e. The van der Waals surface area contributed by atoms with Crippen LogP contribution in [0.15, 0.2) is 121 Å². The summed E-state index contributed by atoms with van der Waals surface area (Å²) >= 11 is 0. The van der Waals surface area contributed by atoms with Crippen LogP contribution in [0, 0.1) is 0 Å². The number of hydrogen-bond acceptors (Lipinski definition) is 1. The molecule has 1 heteroatoms. The smallest absolute Gasteiger partial charge is 0.0319 e. The third-order valence-corrected chi connectivity index (χ3v) is 3.76. The molecule has 0 saturated carbocycles. The molecule has 0 amide bonds. The number of rotatable bonds is 2. The lowest BCUT2D eigenvalue weighted by Gasteiger charge is -1.98. The average Bonchev–Trinajstić information content (AvgIpc) is 2.78. The Balaban J connectivity index is 0.000000171. The molecule has 4 aromatic rings. The molecule has 0 radical (unpaired) electrons. The summed E-state index contributed by atoms with van der Waals surface area (Å²) < 4.78 is 0. The van der Waals surface area contributed by atoms with Gasteiger partial charge >= 0.3 is 0 Å². The van der Waals surface area contributed by atoms with Crippen LogP contribution in [0.3, 0.4) is 0 Å². The van der Waals surface area contributed by atoms with Crippen molar-refractivity contribution in [1.29, 1.82) is 0 Å². The topological polar surface area (TPSA) is 20.2 Å². The highest BCUT2D eigenvalue weighted by Gasteiger charge is 1.92. The average molecular weight is 340 g/mol. The quantitative estimate of drug-likeness (QED) is 0.453. The first kappa shape index (κ1) is 19.2. The molecule has 130 valence electrons. The predicted octanol–water partition coefficient (Wildman–Crippen LogP) is 6.32. The van der Waals surface area contributed by atoms with Gasteiger partial charge in [0.2, 0.25) is 0 Å². The number of aliphatic hydroxyl groups excluding tert-OH is 1. The van der Waals surface area contributed by atoms with E-state index in [1.54, 1.807) is 0 Å². The van der Waals surface area contributed by atoms with Crippen molar-refractivity contribution in [2.45, 2.75) is 0 Å². The van der Waals surface area contributed by atoms with Crippen molar-refractivity contribution < 1.29 is 5.11 Å². The standard InChI is InChI=1S/2C12H10.CH4O/c2*1-3-7-11(8-4-1)12-9-5-2-6-10-12;1-2/h2*1-10H;2H,1H3. The summed E-state index contributed by atoms with van der Waals surface area (Å²) in [7, 11) is 1.00. The molecule has 0 aliphatic carbocycles. The molecule has 0 atom stereocenters. The molecule has 0 aliphatic heterocycles. The fraction of sp³-hybridized carbons (Fsp3) is 0.0400. The van der Waals surface area contributed by atoms with E-state index >= 15 is 0 Å². The van der Waals surface area contributed by atoms with Crippen LogP contribution in [0.5, 0.6) is 0 Å². The lowest BCUT2D eigenvalue weighted by atomic mass is 10.1. The molecule has 0 saturated heterocycles. The fourth-order valence-electron chi connectivity index (χ4n) is 2.52. The second-order valence-corrected chi connectivity index (χ2v) is 5.46. The van der Waals surface area contributed by atoms with E-state index in [-0.39, 0.29) is 0 Å². The zero-order valence-corrected chi connectivity index (χ0v) is 15.0. The van der Waals surface area contributed by atoms with Gasteiger partial charge in [0, 0.05) is 7.11 Å². The van der Waals surface area contributed by atoms with Crippen molar-refractivity contribution in [3.63, 3.8) is 0 Å². The molecule has 4 rings (SSSR count). The van der Waals surface area contributed by atoms with Gasteiger partial charge in [-0.2, -0.15) is 0 Å². The molecule has 4 aromatic carbocycles. The predicted molar refractivity (Wildman–Crippen MR) is 112 cm³/mol. The van der Waals surface area contributed by atoms with E-state index in [1.165, 1.54) is 22.3 Å². The van der Waals surface area contributed by atoms with Crippen molar-refractivity contribution in [3.05, 3.63) is 121 Å². The molecule has 1 nitrogen and oxygen atoms in total. The Labute approximate surface area is 156 Å². The van der Waals surface area contributed by atoms with Crippen LogP contribution >= 0.6 is 0 Å². The Morgan fingerprint density at radius 1 is 0.308 bits per heavy atom. The molecule has 1 N–H and O–H groups in total. The first-order valence-electron chi connectivity index (χ1n) is 8.59.